The van der Waals surface area contributed by atoms with Gasteiger partial charge in [0.2, 0.25) is 0 Å². The first-order valence-electron chi connectivity index (χ1n) is 5.37. The maximum absolute atomic E-state index is 8.93. The molecular weight excluding hydrogens is 270 g/mol. The minimum Gasteiger partial charge on any atom is -0.395 e. The van der Waals surface area contributed by atoms with Crippen molar-refractivity contribution in [3.05, 3.63) is 33.8 Å². The fraction of sp³-hybridized carbons (Fsp3) is 0.500. The van der Waals surface area contributed by atoms with Crippen LogP contribution in [0, 0.1) is 6.92 Å². The van der Waals surface area contributed by atoms with Gasteiger partial charge in [0.05, 0.1) is 13.2 Å². The second kappa shape index (κ2) is 7.01. The summed E-state index contributed by atoms with van der Waals surface area (Å²) in [5, 5.41) is 17.9. The van der Waals surface area contributed by atoms with Crippen LogP contribution in [0.2, 0.25) is 0 Å². The van der Waals surface area contributed by atoms with Crippen LogP contribution in [0.25, 0.3) is 0 Å². The number of nitrogens with zero attached hydrogens (tertiary/aromatic N) is 1. The zero-order valence-corrected chi connectivity index (χ0v) is 11.1. The van der Waals surface area contributed by atoms with E-state index in [-0.39, 0.29) is 13.2 Å². The fourth-order valence-electron chi connectivity index (χ4n) is 1.62. The SMILES string of the molecule is Cc1c(Br)cccc1CN(CCO)CCO. The van der Waals surface area contributed by atoms with E-state index < -0.39 is 0 Å². The van der Waals surface area contributed by atoms with Crippen LogP contribution in [0.5, 0.6) is 0 Å². The standard InChI is InChI=1S/C12H18BrNO2/c1-10-11(3-2-4-12(10)13)9-14(5-7-15)6-8-16/h2-4,15-16H,5-9H2,1H3. The predicted octanol–water partition coefficient (Wildman–Crippen LogP) is 1.54. The molecule has 0 aliphatic carbocycles. The molecule has 0 aliphatic rings. The van der Waals surface area contributed by atoms with Crippen LogP contribution in [0.1, 0.15) is 11.1 Å². The summed E-state index contributed by atoms with van der Waals surface area (Å²) in [7, 11) is 0. The molecule has 0 bridgehead atoms. The van der Waals surface area contributed by atoms with E-state index in [4.69, 9.17) is 10.2 Å². The normalized spacial score (nSPS) is 11.1. The summed E-state index contributed by atoms with van der Waals surface area (Å²) in [6, 6.07) is 6.09. The summed E-state index contributed by atoms with van der Waals surface area (Å²) in [6.45, 7) is 4.24. The van der Waals surface area contributed by atoms with Gasteiger partial charge in [0.25, 0.3) is 0 Å². The van der Waals surface area contributed by atoms with Crippen molar-refractivity contribution >= 4 is 15.9 Å². The Morgan fingerprint density at radius 2 is 1.81 bits per heavy atom. The molecule has 0 spiro atoms. The van der Waals surface area contributed by atoms with Crippen LogP contribution in [0.3, 0.4) is 0 Å². The Balaban J connectivity index is 2.72. The molecule has 0 unspecified atom stereocenters. The Morgan fingerprint density at radius 3 is 2.38 bits per heavy atom. The van der Waals surface area contributed by atoms with E-state index in [2.05, 4.69) is 28.9 Å². The van der Waals surface area contributed by atoms with Crippen molar-refractivity contribution in [1.82, 2.24) is 4.90 Å². The number of halogens is 1. The summed E-state index contributed by atoms with van der Waals surface area (Å²) in [6.07, 6.45) is 0. The third-order valence-electron chi connectivity index (χ3n) is 2.61. The zero-order chi connectivity index (χ0) is 12.0. The molecule has 3 nitrogen and oxygen atoms in total. The van der Waals surface area contributed by atoms with E-state index in [0.717, 1.165) is 11.0 Å². The average Bonchev–Trinajstić information content (AvgIpc) is 2.25. The lowest BCUT2D eigenvalue weighted by Crippen LogP contribution is -2.29. The van der Waals surface area contributed by atoms with E-state index in [9.17, 15) is 0 Å². The van der Waals surface area contributed by atoms with Gasteiger partial charge in [0.15, 0.2) is 0 Å². The molecule has 0 saturated heterocycles. The second-order valence-corrected chi connectivity index (χ2v) is 4.60. The highest BCUT2D eigenvalue weighted by molar-refractivity contribution is 9.10. The lowest BCUT2D eigenvalue weighted by Gasteiger charge is -2.21. The molecule has 0 aromatic heterocycles. The largest absolute Gasteiger partial charge is 0.395 e. The van der Waals surface area contributed by atoms with Crippen molar-refractivity contribution < 1.29 is 10.2 Å². The van der Waals surface area contributed by atoms with Crippen molar-refractivity contribution in [2.45, 2.75) is 13.5 Å². The molecule has 0 heterocycles. The van der Waals surface area contributed by atoms with Gasteiger partial charge in [-0.15, -0.1) is 0 Å². The second-order valence-electron chi connectivity index (χ2n) is 3.75. The Morgan fingerprint density at radius 1 is 1.19 bits per heavy atom. The predicted molar refractivity (Wildman–Crippen MR) is 68.3 cm³/mol. The first-order chi connectivity index (χ1) is 7.69. The van der Waals surface area contributed by atoms with Crippen molar-refractivity contribution in [2.75, 3.05) is 26.3 Å². The lowest BCUT2D eigenvalue weighted by atomic mass is 10.1. The van der Waals surface area contributed by atoms with Gasteiger partial charge >= 0.3 is 0 Å². The Bertz CT molecular complexity index is 325. The first-order valence-corrected chi connectivity index (χ1v) is 6.16. The lowest BCUT2D eigenvalue weighted by molar-refractivity contribution is 0.155. The Labute approximate surface area is 105 Å². The molecule has 1 rings (SSSR count). The molecule has 0 atom stereocenters. The molecule has 0 radical (unpaired) electrons. The third-order valence-corrected chi connectivity index (χ3v) is 3.47. The van der Waals surface area contributed by atoms with Gasteiger partial charge in [-0.05, 0) is 24.1 Å². The van der Waals surface area contributed by atoms with Crippen molar-refractivity contribution in [2.24, 2.45) is 0 Å². The maximum Gasteiger partial charge on any atom is 0.0558 e. The molecule has 1 aromatic carbocycles. The van der Waals surface area contributed by atoms with Crippen molar-refractivity contribution in [3.63, 3.8) is 0 Å². The molecule has 0 aliphatic heterocycles. The highest BCUT2D eigenvalue weighted by Crippen LogP contribution is 2.20. The van der Waals surface area contributed by atoms with Gasteiger partial charge < -0.3 is 10.2 Å². The summed E-state index contributed by atoms with van der Waals surface area (Å²) in [4.78, 5) is 2.04. The van der Waals surface area contributed by atoms with Crippen LogP contribution in [0.4, 0.5) is 0 Å². The van der Waals surface area contributed by atoms with Crippen molar-refractivity contribution in [3.8, 4) is 0 Å². The van der Waals surface area contributed by atoms with Crippen LogP contribution in [0.15, 0.2) is 22.7 Å². The van der Waals surface area contributed by atoms with Gasteiger partial charge in [-0.1, -0.05) is 28.1 Å². The van der Waals surface area contributed by atoms with E-state index >= 15 is 0 Å². The molecule has 90 valence electrons. The minimum absolute atomic E-state index is 0.118. The molecule has 0 amide bonds. The van der Waals surface area contributed by atoms with Gasteiger partial charge in [-0.25, -0.2) is 0 Å². The fourth-order valence-corrected chi connectivity index (χ4v) is 2.02. The Hall–Kier alpha value is -0.420. The zero-order valence-electron chi connectivity index (χ0n) is 9.49. The topological polar surface area (TPSA) is 43.7 Å². The molecule has 4 heteroatoms. The van der Waals surface area contributed by atoms with Gasteiger partial charge in [-0.2, -0.15) is 0 Å². The third kappa shape index (κ3) is 3.87. The summed E-state index contributed by atoms with van der Waals surface area (Å²) >= 11 is 3.50. The quantitative estimate of drug-likeness (QED) is 0.834. The highest BCUT2D eigenvalue weighted by atomic mass is 79.9. The van der Waals surface area contributed by atoms with Crippen LogP contribution >= 0.6 is 15.9 Å². The highest BCUT2D eigenvalue weighted by Gasteiger charge is 2.07. The molecular formula is C12H18BrNO2. The number of aliphatic hydroxyl groups excluding tert-OH is 2. The Kier molecular flexibility index (Phi) is 5.98. The average molecular weight is 288 g/mol. The molecule has 2 N–H and O–H groups in total. The molecule has 1 aromatic rings. The van der Waals surface area contributed by atoms with Gasteiger partial charge in [-0.3, -0.25) is 4.90 Å². The monoisotopic (exact) mass is 287 g/mol. The van der Waals surface area contributed by atoms with E-state index in [1.807, 2.05) is 17.0 Å². The van der Waals surface area contributed by atoms with Gasteiger partial charge in [0.1, 0.15) is 0 Å². The van der Waals surface area contributed by atoms with Crippen LogP contribution in [-0.4, -0.2) is 41.4 Å². The van der Waals surface area contributed by atoms with E-state index in [1.165, 1.54) is 11.1 Å². The summed E-state index contributed by atoms with van der Waals surface area (Å²) < 4.78 is 1.10. The number of benzene rings is 1. The minimum atomic E-state index is 0.118. The number of rotatable bonds is 6. The van der Waals surface area contributed by atoms with Crippen LogP contribution < -0.4 is 0 Å². The molecule has 16 heavy (non-hydrogen) atoms. The first kappa shape index (κ1) is 13.6. The van der Waals surface area contributed by atoms with E-state index in [1.54, 1.807) is 0 Å². The summed E-state index contributed by atoms with van der Waals surface area (Å²) in [5.74, 6) is 0. The molecule has 0 fully saturated rings. The molecule has 0 saturated carbocycles. The van der Waals surface area contributed by atoms with Gasteiger partial charge in [0, 0.05) is 24.1 Å². The number of aliphatic hydroxyl groups is 2. The van der Waals surface area contributed by atoms with Crippen LogP contribution in [-0.2, 0) is 6.54 Å². The number of hydrogen-bond acceptors (Lipinski definition) is 3. The number of hydrogen-bond donors (Lipinski definition) is 2. The van der Waals surface area contributed by atoms with Crippen molar-refractivity contribution in [1.29, 1.82) is 0 Å². The summed E-state index contributed by atoms with van der Waals surface area (Å²) in [5.41, 5.74) is 2.43. The smallest absolute Gasteiger partial charge is 0.0558 e. The van der Waals surface area contributed by atoms with E-state index in [0.29, 0.717) is 13.1 Å². The maximum atomic E-state index is 8.93.